The molecule has 0 fully saturated rings. The molecule has 0 saturated carbocycles. The number of nitrogens with one attached hydrogen (secondary N) is 1. The Morgan fingerprint density at radius 1 is 1.41 bits per heavy atom. The fourth-order valence-corrected chi connectivity index (χ4v) is 3.16. The molecule has 1 aromatic carbocycles. The monoisotopic (exact) mass is 233 g/mol. The van der Waals surface area contributed by atoms with Crippen molar-refractivity contribution in [3.05, 3.63) is 28.3 Å². The van der Waals surface area contributed by atoms with Gasteiger partial charge in [0.15, 0.2) is 0 Å². The number of hydrogen-bond acceptors (Lipinski definition) is 2. The highest BCUT2D eigenvalue weighted by Crippen LogP contribution is 2.38. The van der Waals surface area contributed by atoms with E-state index in [0.717, 1.165) is 12.3 Å². The van der Waals surface area contributed by atoms with Crippen molar-refractivity contribution in [2.75, 3.05) is 13.7 Å². The summed E-state index contributed by atoms with van der Waals surface area (Å²) in [5.41, 5.74) is 5.59. The van der Waals surface area contributed by atoms with Crippen molar-refractivity contribution >= 4 is 0 Å². The minimum absolute atomic E-state index is 0.512. The van der Waals surface area contributed by atoms with Crippen LogP contribution in [0.25, 0.3) is 0 Å². The van der Waals surface area contributed by atoms with Crippen LogP contribution in [0, 0.1) is 13.8 Å². The SMILES string of the molecule is CCNC1CCCc2cc(C)c(OC)c(C)c21. The van der Waals surface area contributed by atoms with E-state index >= 15 is 0 Å². The van der Waals surface area contributed by atoms with E-state index in [1.165, 1.54) is 41.5 Å². The smallest absolute Gasteiger partial charge is 0.125 e. The normalized spacial score (nSPS) is 18.9. The van der Waals surface area contributed by atoms with E-state index in [1.807, 2.05) is 0 Å². The first-order valence-electron chi connectivity index (χ1n) is 6.59. The van der Waals surface area contributed by atoms with Crippen LogP contribution in [-0.2, 0) is 6.42 Å². The molecule has 0 aromatic heterocycles. The minimum atomic E-state index is 0.512. The quantitative estimate of drug-likeness (QED) is 0.865. The van der Waals surface area contributed by atoms with Crippen molar-refractivity contribution in [3.8, 4) is 5.75 Å². The molecule has 17 heavy (non-hydrogen) atoms. The Balaban J connectivity index is 2.51. The van der Waals surface area contributed by atoms with Gasteiger partial charge in [0.2, 0.25) is 0 Å². The Hall–Kier alpha value is -1.02. The second-order valence-electron chi connectivity index (χ2n) is 4.93. The number of aryl methyl sites for hydroxylation is 2. The lowest BCUT2D eigenvalue weighted by Crippen LogP contribution is -2.26. The topological polar surface area (TPSA) is 21.3 Å². The van der Waals surface area contributed by atoms with Crippen LogP contribution >= 0.6 is 0 Å². The maximum Gasteiger partial charge on any atom is 0.125 e. The fraction of sp³-hybridized carbons (Fsp3) is 0.600. The van der Waals surface area contributed by atoms with Gasteiger partial charge in [-0.1, -0.05) is 13.0 Å². The number of hydrogen-bond donors (Lipinski definition) is 1. The molecule has 1 atom stereocenters. The Morgan fingerprint density at radius 2 is 2.18 bits per heavy atom. The summed E-state index contributed by atoms with van der Waals surface area (Å²) in [6, 6.07) is 2.82. The second kappa shape index (κ2) is 5.09. The van der Waals surface area contributed by atoms with E-state index in [2.05, 4.69) is 32.2 Å². The van der Waals surface area contributed by atoms with Gasteiger partial charge in [-0.15, -0.1) is 0 Å². The largest absolute Gasteiger partial charge is 0.496 e. The molecule has 2 nitrogen and oxygen atoms in total. The van der Waals surface area contributed by atoms with E-state index in [9.17, 15) is 0 Å². The van der Waals surface area contributed by atoms with Gasteiger partial charge in [0.25, 0.3) is 0 Å². The van der Waals surface area contributed by atoms with Gasteiger partial charge in [0.05, 0.1) is 7.11 Å². The second-order valence-corrected chi connectivity index (χ2v) is 4.93. The molecule has 0 heterocycles. The van der Waals surface area contributed by atoms with Crippen LogP contribution in [0.5, 0.6) is 5.75 Å². The first-order chi connectivity index (χ1) is 8.19. The Bertz CT molecular complexity index is 412. The molecule has 0 bridgehead atoms. The lowest BCUT2D eigenvalue weighted by Gasteiger charge is -2.29. The van der Waals surface area contributed by atoms with Gasteiger partial charge in [0.1, 0.15) is 5.75 Å². The van der Waals surface area contributed by atoms with Gasteiger partial charge in [-0.2, -0.15) is 0 Å². The van der Waals surface area contributed by atoms with Crippen LogP contribution in [0.2, 0.25) is 0 Å². The summed E-state index contributed by atoms with van der Waals surface area (Å²) in [6.07, 6.45) is 3.74. The summed E-state index contributed by atoms with van der Waals surface area (Å²) in [6.45, 7) is 7.54. The average molecular weight is 233 g/mol. The Kier molecular flexibility index (Phi) is 3.72. The molecule has 0 radical (unpaired) electrons. The Morgan fingerprint density at radius 3 is 2.82 bits per heavy atom. The lowest BCUT2D eigenvalue weighted by atomic mass is 9.83. The molecule has 0 spiro atoms. The molecule has 1 aliphatic carbocycles. The molecule has 1 aromatic rings. The van der Waals surface area contributed by atoms with Crippen LogP contribution in [0.4, 0.5) is 0 Å². The first-order valence-corrected chi connectivity index (χ1v) is 6.59. The summed E-state index contributed by atoms with van der Waals surface area (Å²) >= 11 is 0. The number of fused-ring (bicyclic) bond motifs is 1. The third-order valence-electron chi connectivity index (χ3n) is 3.78. The standard InChI is InChI=1S/C15H23NO/c1-5-16-13-8-6-7-12-9-10(2)15(17-4)11(3)14(12)13/h9,13,16H,5-8H2,1-4H3. The molecular formula is C15H23NO. The summed E-state index contributed by atoms with van der Waals surface area (Å²) in [5, 5.41) is 3.60. The van der Waals surface area contributed by atoms with Crippen molar-refractivity contribution in [3.63, 3.8) is 0 Å². The zero-order chi connectivity index (χ0) is 12.4. The van der Waals surface area contributed by atoms with Crippen LogP contribution in [0.15, 0.2) is 6.07 Å². The van der Waals surface area contributed by atoms with Crippen LogP contribution in [0.3, 0.4) is 0 Å². The van der Waals surface area contributed by atoms with Gasteiger partial charge in [0, 0.05) is 6.04 Å². The fourth-order valence-electron chi connectivity index (χ4n) is 3.16. The number of benzene rings is 1. The zero-order valence-corrected chi connectivity index (χ0v) is 11.4. The highest BCUT2D eigenvalue weighted by Gasteiger charge is 2.24. The molecule has 1 aliphatic rings. The summed E-state index contributed by atoms with van der Waals surface area (Å²) in [7, 11) is 1.77. The zero-order valence-electron chi connectivity index (χ0n) is 11.4. The molecule has 1 N–H and O–H groups in total. The van der Waals surface area contributed by atoms with E-state index < -0.39 is 0 Å². The average Bonchev–Trinajstić information content (AvgIpc) is 2.29. The van der Waals surface area contributed by atoms with E-state index in [4.69, 9.17) is 4.74 Å². The molecule has 0 saturated heterocycles. The molecular weight excluding hydrogens is 210 g/mol. The molecule has 1 unspecified atom stereocenters. The summed E-state index contributed by atoms with van der Waals surface area (Å²) in [5.74, 6) is 1.06. The summed E-state index contributed by atoms with van der Waals surface area (Å²) in [4.78, 5) is 0. The summed E-state index contributed by atoms with van der Waals surface area (Å²) < 4.78 is 5.54. The van der Waals surface area contributed by atoms with Crippen molar-refractivity contribution in [2.24, 2.45) is 0 Å². The number of rotatable bonds is 3. The third-order valence-corrected chi connectivity index (χ3v) is 3.78. The van der Waals surface area contributed by atoms with E-state index in [1.54, 1.807) is 7.11 Å². The molecule has 2 rings (SSSR count). The van der Waals surface area contributed by atoms with Gasteiger partial charge in [-0.25, -0.2) is 0 Å². The predicted octanol–water partition coefficient (Wildman–Crippen LogP) is 3.30. The number of ether oxygens (including phenoxy) is 1. The van der Waals surface area contributed by atoms with Crippen molar-refractivity contribution in [1.29, 1.82) is 0 Å². The van der Waals surface area contributed by atoms with Gasteiger partial charge >= 0.3 is 0 Å². The van der Waals surface area contributed by atoms with Gasteiger partial charge in [-0.3, -0.25) is 0 Å². The van der Waals surface area contributed by atoms with Crippen LogP contribution in [0.1, 0.15) is 48.1 Å². The van der Waals surface area contributed by atoms with Gasteiger partial charge < -0.3 is 10.1 Å². The third kappa shape index (κ3) is 2.19. The highest BCUT2D eigenvalue weighted by atomic mass is 16.5. The van der Waals surface area contributed by atoms with E-state index in [0.29, 0.717) is 6.04 Å². The molecule has 0 amide bonds. The molecule has 2 heteroatoms. The first kappa shape index (κ1) is 12.4. The molecule has 94 valence electrons. The van der Waals surface area contributed by atoms with Gasteiger partial charge in [-0.05, 0) is 61.9 Å². The Labute approximate surface area is 104 Å². The van der Waals surface area contributed by atoms with Crippen molar-refractivity contribution < 1.29 is 4.74 Å². The van der Waals surface area contributed by atoms with E-state index in [-0.39, 0.29) is 0 Å². The lowest BCUT2D eigenvalue weighted by molar-refractivity contribution is 0.402. The van der Waals surface area contributed by atoms with Crippen LogP contribution in [-0.4, -0.2) is 13.7 Å². The van der Waals surface area contributed by atoms with Crippen LogP contribution < -0.4 is 10.1 Å². The van der Waals surface area contributed by atoms with Crippen molar-refractivity contribution in [1.82, 2.24) is 5.32 Å². The minimum Gasteiger partial charge on any atom is -0.496 e. The van der Waals surface area contributed by atoms with Crippen molar-refractivity contribution in [2.45, 2.75) is 46.1 Å². The maximum atomic E-state index is 5.54. The number of methoxy groups -OCH3 is 1. The molecule has 0 aliphatic heterocycles. The maximum absolute atomic E-state index is 5.54. The highest BCUT2D eigenvalue weighted by molar-refractivity contribution is 5.51. The predicted molar refractivity (Wildman–Crippen MR) is 71.8 cm³/mol.